The van der Waals surface area contributed by atoms with Crippen LogP contribution in [-0.2, 0) is 15.5 Å². The van der Waals surface area contributed by atoms with E-state index in [9.17, 15) is 8.42 Å². The molecule has 1 atom stereocenters. The first-order valence-corrected chi connectivity index (χ1v) is 19.3. The van der Waals surface area contributed by atoms with E-state index in [4.69, 9.17) is 0 Å². The zero-order valence-corrected chi connectivity index (χ0v) is 28.7. The van der Waals surface area contributed by atoms with Crippen molar-refractivity contribution in [1.82, 2.24) is 13.8 Å². The summed E-state index contributed by atoms with van der Waals surface area (Å²) in [4.78, 5) is 0.741. The first kappa shape index (κ1) is 27.0. The maximum Gasteiger partial charge on any atom is 0.394 e. The number of aromatic nitrogens is 5. The first-order chi connectivity index (χ1) is 26.1. The third kappa shape index (κ3) is 2.72. The molecule has 10 aromatic rings. The van der Waals surface area contributed by atoms with Crippen molar-refractivity contribution in [1.29, 1.82) is 0 Å². The molecular weight excluding hydrogens is 675 g/mol. The van der Waals surface area contributed by atoms with Gasteiger partial charge < -0.3 is 4.57 Å². The van der Waals surface area contributed by atoms with Gasteiger partial charge in [-0.25, -0.2) is 8.42 Å². The van der Waals surface area contributed by atoms with Gasteiger partial charge in [-0.3, -0.25) is 0 Å². The smallest absolute Gasteiger partial charge is 0.307 e. The molecule has 0 aliphatic carbocycles. The Bertz CT molecular complexity index is 3540. The van der Waals surface area contributed by atoms with E-state index in [1.54, 1.807) is 12.1 Å². The molecule has 0 saturated heterocycles. The molecule has 0 saturated carbocycles. The number of hydrogen-bond acceptors (Lipinski definition) is 2. The van der Waals surface area contributed by atoms with Crippen LogP contribution in [0.4, 0.5) is 0 Å². The maximum atomic E-state index is 13.8. The Kier molecular flexibility index (Phi) is 4.31. The molecule has 6 aromatic carbocycles. The largest absolute Gasteiger partial charge is 0.394 e. The normalized spacial score (nSPS) is 17.4. The second-order valence-electron chi connectivity index (χ2n) is 14.6. The predicted molar refractivity (Wildman–Crippen MR) is 203 cm³/mol. The number of hydrogen-bond donors (Lipinski definition) is 0. The highest BCUT2D eigenvalue weighted by atomic mass is 32.2. The van der Waals surface area contributed by atoms with E-state index in [1.807, 2.05) is 24.3 Å². The molecule has 4 aliphatic heterocycles. The van der Waals surface area contributed by atoms with Gasteiger partial charge >= 0.3 is 11.3 Å². The van der Waals surface area contributed by atoms with Crippen molar-refractivity contribution in [2.75, 3.05) is 0 Å². The highest BCUT2D eigenvalue weighted by molar-refractivity contribution is 7.92. The zero-order chi connectivity index (χ0) is 34.5. The third-order valence-corrected chi connectivity index (χ3v) is 14.2. The highest BCUT2D eigenvalue weighted by Crippen LogP contribution is 2.54. The monoisotopic (exact) mass is 699 g/mol. The van der Waals surface area contributed by atoms with Gasteiger partial charge in [0.2, 0.25) is 16.0 Å². The number of sulfone groups is 1. The maximum absolute atomic E-state index is 13.8. The van der Waals surface area contributed by atoms with Crippen molar-refractivity contribution >= 4 is 53.6 Å². The lowest BCUT2D eigenvalue weighted by atomic mass is 9.83. The van der Waals surface area contributed by atoms with Crippen molar-refractivity contribution in [3.8, 4) is 39.3 Å². The molecule has 0 N–H and O–H groups in total. The van der Waals surface area contributed by atoms with Crippen LogP contribution in [-0.4, -0.2) is 22.2 Å². The molecule has 4 aliphatic rings. The van der Waals surface area contributed by atoms with Crippen LogP contribution in [0.3, 0.4) is 0 Å². The van der Waals surface area contributed by atoms with Crippen LogP contribution < -0.4 is 9.25 Å². The van der Waals surface area contributed by atoms with Crippen molar-refractivity contribution in [2.45, 2.75) is 15.5 Å². The van der Waals surface area contributed by atoms with E-state index in [2.05, 4.69) is 139 Å². The quantitative estimate of drug-likeness (QED) is 0.163. The Morgan fingerprint density at radius 2 is 1.26 bits per heavy atom. The average Bonchev–Trinajstić information content (AvgIpc) is 3.98. The highest BCUT2D eigenvalue weighted by Gasteiger charge is 2.68. The Morgan fingerprint density at radius 1 is 0.547 bits per heavy atom. The van der Waals surface area contributed by atoms with Crippen LogP contribution in [0.15, 0.2) is 162 Å². The number of pyridine rings is 1. The number of rotatable bonds is 1. The summed E-state index contributed by atoms with van der Waals surface area (Å²) < 4.78 is 39.8. The molecule has 0 bridgehead atoms. The van der Waals surface area contributed by atoms with E-state index in [-0.39, 0.29) is 0 Å². The third-order valence-electron chi connectivity index (χ3n) is 12.4. The number of fused-ring (bicyclic) bond motifs is 13. The van der Waals surface area contributed by atoms with E-state index < -0.39 is 15.5 Å². The van der Waals surface area contributed by atoms with Gasteiger partial charge in [-0.2, -0.15) is 9.13 Å². The minimum absolute atomic E-state index is 0.365. The molecule has 0 fully saturated rings. The molecule has 4 aromatic heterocycles. The fourth-order valence-corrected chi connectivity index (χ4v) is 12.2. The number of nitrogens with zero attached hydrogens (tertiary/aromatic N) is 5. The molecule has 8 heterocycles. The van der Waals surface area contributed by atoms with Crippen molar-refractivity contribution < 1.29 is 17.7 Å². The summed E-state index contributed by atoms with van der Waals surface area (Å²) >= 11 is 0. The summed E-state index contributed by atoms with van der Waals surface area (Å²) in [6.45, 7) is 0. The van der Waals surface area contributed by atoms with Crippen molar-refractivity contribution in [3.05, 3.63) is 163 Å². The molecule has 8 heteroatoms. The summed E-state index contributed by atoms with van der Waals surface area (Å²) in [5.41, 5.74) is 13.1. The fourth-order valence-electron chi connectivity index (χ4n) is 10.4. The van der Waals surface area contributed by atoms with E-state index in [1.165, 1.54) is 49.2 Å². The Balaban J connectivity index is 1.16. The standard InChI is InChI=1S/C45H25N5O2S/c51-53(52)39-17-6-3-11-30(39)31-19-18-26(23-40(31)53)27-24-47-36-21-20-32-28-9-1-4-13-34(28)49-37-15-7-16-38-41(37)45(48(47)25-27,42(36)43(32)49)46-22-8-12-33-29-10-2-5-14-35(29)50(38)44(33)46/h1-25H/q+2. The van der Waals surface area contributed by atoms with Gasteiger partial charge in [0.05, 0.1) is 49.9 Å². The average molecular weight is 700 g/mol. The van der Waals surface area contributed by atoms with Crippen LogP contribution in [0, 0.1) is 0 Å². The second kappa shape index (κ2) is 8.47. The van der Waals surface area contributed by atoms with Gasteiger partial charge in [-0.1, -0.05) is 71.4 Å². The molecular formula is C45H25N5O2S+2. The van der Waals surface area contributed by atoms with Crippen LogP contribution in [0.1, 0.15) is 11.1 Å². The van der Waals surface area contributed by atoms with Gasteiger partial charge in [0.15, 0.2) is 5.69 Å². The number of benzene rings is 6. The molecule has 246 valence electrons. The van der Waals surface area contributed by atoms with E-state index >= 15 is 0 Å². The summed E-state index contributed by atoms with van der Waals surface area (Å²) in [5, 5.41) is 4.87. The lowest BCUT2D eigenvalue weighted by Gasteiger charge is -2.33. The lowest BCUT2D eigenvalue weighted by Crippen LogP contribution is -2.76. The molecule has 1 spiro atoms. The van der Waals surface area contributed by atoms with Gasteiger partial charge in [0.25, 0.3) is 0 Å². The van der Waals surface area contributed by atoms with Gasteiger partial charge in [0, 0.05) is 27.3 Å². The lowest BCUT2D eigenvalue weighted by molar-refractivity contribution is -0.987. The second-order valence-corrected chi connectivity index (χ2v) is 16.5. The van der Waals surface area contributed by atoms with Crippen LogP contribution in [0.5, 0.6) is 0 Å². The fraction of sp³-hybridized carbons (Fsp3) is 0.0222. The van der Waals surface area contributed by atoms with Crippen molar-refractivity contribution in [2.24, 2.45) is 0 Å². The van der Waals surface area contributed by atoms with Gasteiger partial charge in [-0.05, 0) is 72.3 Å². The molecule has 14 rings (SSSR count). The van der Waals surface area contributed by atoms with E-state index in [0.717, 1.165) is 45.0 Å². The minimum Gasteiger partial charge on any atom is -0.307 e. The SMILES string of the molecule is O=S1(=O)c2ccccc2-c2ccc(-c3cn4[n+](c3)C35c6c(cccc6-n6c7ccccc7c7ccc[n+]3c76)-n3c6ccccc6c6ccc-4c5c63)cc21. The van der Waals surface area contributed by atoms with Crippen LogP contribution in [0.25, 0.3) is 83.1 Å². The summed E-state index contributed by atoms with van der Waals surface area (Å²) in [6.07, 6.45) is 6.65. The van der Waals surface area contributed by atoms with E-state index in [0.29, 0.717) is 9.79 Å². The summed E-state index contributed by atoms with van der Waals surface area (Å²) in [7, 11) is -3.63. The summed E-state index contributed by atoms with van der Waals surface area (Å²) in [5.74, 6) is 0. The molecule has 53 heavy (non-hydrogen) atoms. The molecule has 1 unspecified atom stereocenters. The first-order valence-electron chi connectivity index (χ1n) is 17.9. The minimum atomic E-state index is -3.63. The van der Waals surface area contributed by atoms with Gasteiger partial charge in [-0.15, -0.1) is 4.68 Å². The van der Waals surface area contributed by atoms with Gasteiger partial charge in [0.1, 0.15) is 22.3 Å². The zero-order valence-electron chi connectivity index (χ0n) is 27.9. The van der Waals surface area contributed by atoms with Crippen LogP contribution >= 0.6 is 0 Å². The Hall–Kier alpha value is -6.77. The Labute approximate surface area is 301 Å². The molecule has 0 amide bonds. The topological polar surface area (TPSA) is 56.7 Å². The Morgan fingerprint density at radius 3 is 2.13 bits per heavy atom. The predicted octanol–water partition coefficient (Wildman–Crippen LogP) is 7.96. The van der Waals surface area contributed by atoms with Crippen molar-refractivity contribution in [3.63, 3.8) is 0 Å². The number of para-hydroxylation sites is 2. The van der Waals surface area contributed by atoms with Crippen LogP contribution in [0.2, 0.25) is 0 Å². The molecule has 0 radical (unpaired) electrons. The summed E-state index contributed by atoms with van der Waals surface area (Å²) in [6, 6.07) is 46.4. The molecule has 7 nitrogen and oxygen atoms in total.